The van der Waals surface area contributed by atoms with Gasteiger partial charge in [-0.15, -0.1) is 11.8 Å². The van der Waals surface area contributed by atoms with E-state index < -0.39 is 0 Å². The van der Waals surface area contributed by atoms with Crippen LogP contribution in [0.15, 0.2) is 60.7 Å². The maximum Gasteiger partial charge on any atom is 0.238 e. The second kappa shape index (κ2) is 6.17. The standard InChI is InChI=1S/C19H16N2O2S/c1-23-17-9-5-4-8-16(17)21-18(22)12-24-19(21)15-11-10-13-6-2-3-7-14(13)20-15/h2-11,19H,12H2,1H3. The molecule has 1 fully saturated rings. The number of carbonyl (C=O) groups is 1. The van der Waals surface area contributed by atoms with Gasteiger partial charge in [0.1, 0.15) is 11.1 Å². The lowest BCUT2D eigenvalue weighted by Crippen LogP contribution is -2.28. The van der Waals surface area contributed by atoms with Crippen molar-refractivity contribution in [3.8, 4) is 5.75 Å². The van der Waals surface area contributed by atoms with E-state index in [9.17, 15) is 4.79 Å². The van der Waals surface area contributed by atoms with Crippen LogP contribution >= 0.6 is 11.8 Å². The third kappa shape index (κ3) is 2.51. The Kier molecular flexibility index (Phi) is 3.86. The number of benzene rings is 2. The lowest BCUT2D eigenvalue weighted by Gasteiger charge is -2.25. The molecule has 1 amide bonds. The molecule has 0 spiro atoms. The third-order valence-corrected chi connectivity index (χ3v) is 5.27. The summed E-state index contributed by atoms with van der Waals surface area (Å²) in [5, 5.41) is 0.956. The summed E-state index contributed by atoms with van der Waals surface area (Å²) in [7, 11) is 1.62. The van der Waals surface area contributed by atoms with Crippen molar-refractivity contribution in [2.24, 2.45) is 0 Å². The molecule has 120 valence electrons. The minimum atomic E-state index is -0.140. The average molecular weight is 336 g/mol. The monoisotopic (exact) mass is 336 g/mol. The number of ether oxygens (including phenoxy) is 1. The Balaban J connectivity index is 1.79. The van der Waals surface area contributed by atoms with Gasteiger partial charge in [0, 0.05) is 5.39 Å². The lowest BCUT2D eigenvalue weighted by molar-refractivity contribution is -0.115. The van der Waals surface area contributed by atoms with Crippen molar-refractivity contribution < 1.29 is 9.53 Å². The fourth-order valence-electron chi connectivity index (χ4n) is 2.95. The van der Waals surface area contributed by atoms with Crippen molar-refractivity contribution in [3.63, 3.8) is 0 Å². The normalized spacial score (nSPS) is 17.5. The van der Waals surface area contributed by atoms with Gasteiger partial charge in [0.05, 0.1) is 29.8 Å². The van der Waals surface area contributed by atoms with Gasteiger partial charge in [-0.2, -0.15) is 0 Å². The Morgan fingerprint density at radius 3 is 2.75 bits per heavy atom. The van der Waals surface area contributed by atoms with Crippen molar-refractivity contribution in [2.75, 3.05) is 17.8 Å². The molecule has 1 saturated heterocycles. The van der Waals surface area contributed by atoms with Gasteiger partial charge in [-0.1, -0.05) is 36.4 Å². The molecule has 2 heterocycles. The summed E-state index contributed by atoms with van der Waals surface area (Å²) in [6.07, 6.45) is 0. The summed E-state index contributed by atoms with van der Waals surface area (Å²) in [6, 6.07) is 19.7. The van der Waals surface area contributed by atoms with E-state index in [-0.39, 0.29) is 11.3 Å². The van der Waals surface area contributed by atoms with Crippen LogP contribution in [0.3, 0.4) is 0 Å². The molecule has 1 atom stereocenters. The molecule has 3 aromatic rings. The number of methoxy groups -OCH3 is 1. The summed E-state index contributed by atoms with van der Waals surface area (Å²) in [6.45, 7) is 0. The molecule has 0 aliphatic carbocycles. The predicted octanol–water partition coefficient (Wildman–Crippen LogP) is 4.02. The molecule has 1 aromatic heterocycles. The molecule has 1 unspecified atom stereocenters. The molecule has 2 aromatic carbocycles. The van der Waals surface area contributed by atoms with Crippen LogP contribution in [0.5, 0.6) is 5.75 Å². The second-order valence-corrected chi connectivity index (χ2v) is 6.60. The zero-order valence-electron chi connectivity index (χ0n) is 13.2. The number of aromatic nitrogens is 1. The van der Waals surface area contributed by atoms with Gasteiger partial charge in [-0.3, -0.25) is 9.69 Å². The molecule has 4 rings (SSSR count). The Hall–Kier alpha value is -2.53. The van der Waals surface area contributed by atoms with Crippen LogP contribution in [-0.4, -0.2) is 23.8 Å². The van der Waals surface area contributed by atoms with Crippen LogP contribution in [-0.2, 0) is 4.79 Å². The number of hydrogen-bond donors (Lipinski definition) is 0. The number of rotatable bonds is 3. The van der Waals surface area contributed by atoms with Crippen molar-refractivity contribution in [1.82, 2.24) is 4.98 Å². The zero-order valence-corrected chi connectivity index (χ0v) is 14.0. The Bertz CT molecular complexity index is 913. The van der Waals surface area contributed by atoms with E-state index in [1.165, 1.54) is 0 Å². The number of carbonyl (C=O) groups excluding carboxylic acids is 1. The highest BCUT2D eigenvalue weighted by atomic mass is 32.2. The number of fused-ring (bicyclic) bond motifs is 1. The summed E-state index contributed by atoms with van der Waals surface area (Å²) >= 11 is 1.59. The highest BCUT2D eigenvalue weighted by Crippen LogP contribution is 2.44. The summed E-state index contributed by atoms with van der Waals surface area (Å²) in [5.74, 6) is 1.21. The molecule has 0 saturated carbocycles. The number of amides is 1. The molecule has 24 heavy (non-hydrogen) atoms. The van der Waals surface area contributed by atoms with Crippen LogP contribution in [0, 0.1) is 0 Å². The maximum absolute atomic E-state index is 12.5. The number of nitrogens with zero attached hydrogens (tertiary/aromatic N) is 2. The van der Waals surface area contributed by atoms with E-state index >= 15 is 0 Å². The number of pyridine rings is 1. The van der Waals surface area contributed by atoms with E-state index in [1.54, 1.807) is 23.8 Å². The van der Waals surface area contributed by atoms with Crippen LogP contribution in [0.1, 0.15) is 11.1 Å². The first-order valence-corrected chi connectivity index (χ1v) is 8.75. The van der Waals surface area contributed by atoms with Crippen LogP contribution in [0.25, 0.3) is 10.9 Å². The average Bonchev–Trinajstić information content (AvgIpc) is 3.02. The molecular formula is C19H16N2O2S. The van der Waals surface area contributed by atoms with E-state index in [2.05, 4.69) is 6.07 Å². The highest BCUT2D eigenvalue weighted by molar-refractivity contribution is 8.00. The Morgan fingerprint density at radius 2 is 1.88 bits per heavy atom. The number of anilines is 1. The van der Waals surface area contributed by atoms with Gasteiger partial charge in [-0.25, -0.2) is 4.98 Å². The van der Waals surface area contributed by atoms with Crippen molar-refractivity contribution in [2.45, 2.75) is 5.37 Å². The predicted molar refractivity (Wildman–Crippen MR) is 97.4 cm³/mol. The van der Waals surface area contributed by atoms with Gasteiger partial charge in [0.2, 0.25) is 5.91 Å². The largest absolute Gasteiger partial charge is 0.495 e. The SMILES string of the molecule is COc1ccccc1N1C(=O)CSC1c1ccc2ccccc2n1. The van der Waals surface area contributed by atoms with Crippen molar-refractivity contribution in [1.29, 1.82) is 0 Å². The molecule has 0 N–H and O–H groups in total. The van der Waals surface area contributed by atoms with E-state index in [4.69, 9.17) is 9.72 Å². The smallest absolute Gasteiger partial charge is 0.238 e. The molecule has 1 aliphatic heterocycles. The van der Waals surface area contributed by atoms with Gasteiger partial charge in [0.25, 0.3) is 0 Å². The lowest BCUT2D eigenvalue weighted by atomic mass is 10.2. The first-order valence-electron chi connectivity index (χ1n) is 7.70. The molecule has 1 aliphatic rings. The van der Waals surface area contributed by atoms with Crippen LogP contribution in [0.4, 0.5) is 5.69 Å². The number of hydrogen-bond acceptors (Lipinski definition) is 4. The summed E-state index contributed by atoms with van der Waals surface area (Å²) in [5.41, 5.74) is 2.61. The molecule has 0 bridgehead atoms. The third-order valence-electron chi connectivity index (χ3n) is 4.09. The van der Waals surface area contributed by atoms with Gasteiger partial charge in [0.15, 0.2) is 0 Å². The summed E-state index contributed by atoms with van der Waals surface area (Å²) < 4.78 is 5.44. The minimum Gasteiger partial charge on any atom is -0.495 e. The number of thioether (sulfide) groups is 1. The minimum absolute atomic E-state index is 0.0736. The van der Waals surface area contributed by atoms with Gasteiger partial charge in [-0.05, 0) is 24.3 Å². The zero-order chi connectivity index (χ0) is 16.5. The molecule has 0 radical (unpaired) electrons. The van der Waals surface area contributed by atoms with E-state index in [1.807, 2.05) is 54.6 Å². The van der Waals surface area contributed by atoms with Gasteiger partial charge >= 0.3 is 0 Å². The molecular weight excluding hydrogens is 320 g/mol. The fourth-order valence-corrected chi connectivity index (χ4v) is 4.07. The second-order valence-electron chi connectivity index (χ2n) is 5.53. The Morgan fingerprint density at radius 1 is 1.08 bits per heavy atom. The first-order chi connectivity index (χ1) is 11.8. The van der Waals surface area contributed by atoms with Crippen molar-refractivity contribution >= 4 is 34.3 Å². The quantitative estimate of drug-likeness (QED) is 0.724. The summed E-state index contributed by atoms with van der Waals surface area (Å²) in [4.78, 5) is 19.1. The van der Waals surface area contributed by atoms with Crippen LogP contribution in [0.2, 0.25) is 0 Å². The van der Waals surface area contributed by atoms with E-state index in [0.29, 0.717) is 11.5 Å². The first kappa shape index (κ1) is 15.0. The van der Waals surface area contributed by atoms with Crippen LogP contribution < -0.4 is 9.64 Å². The van der Waals surface area contributed by atoms with E-state index in [0.717, 1.165) is 22.3 Å². The van der Waals surface area contributed by atoms with Gasteiger partial charge < -0.3 is 4.74 Å². The molecule has 5 heteroatoms. The maximum atomic E-state index is 12.5. The molecule has 4 nitrogen and oxygen atoms in total. The Labute approximate surface area is 144 Å². The topological polar surface area (TPSA) is 42.4 Å². The van der Waals surface area contributed by atoms with Crippen molar-refractivity contribution in [3.05, 3.63) is 66.4 Å². The fraction of sp³-hybridized carbons (Fsp3) is 0.158. The number of para-hydroxylation sites is 3. The highest BCUT2D eigenvalue weighted by Gasteiger charge is 2.36.